The average molecular weight is 708 g/mol. The normalized spacial score (nSPS) is 16.4. The quantitative estimate of drug-likeness (QED) is 0.191. The number of thiophene rings is 3. The predicted octanol–water partition coefficient (Wildman–Crippen LogP) is 12.8. The van der Waals surface area contributed by atoms with E-state index in [4.69, 9.17) is 4.99 Å². The predicted molar refractivity (Wildman–Crippen MR) is 222 cm³/mol. The van der Waals surface area contributed by atoms with Crippen molar-refractivity contribution >= 4 is 100 Å². The number of amidine groups is 1. The van der Waals surface area contributed by atoms with E-state index in [2.05, 4.69) is 162 Å². The molecule has 0 spiro atoms. The van der Waals surface area contributed by atoms with Crippen molar-refractivity contribution in [3.63, 3.8) is 0 Å². The van der Waals surface area contributed by atoms with Crippen LogP contribution in [0.4, 0.5) is 0 Å². The van der Waals surface area contributed by atoms with Crippen molar-refractivity contribution in [3.05, 3.63) is 168 Å². The van der Waals surface area contributed by atoms with E-state index in [1.165, 1.54) is 82.8 Å². The number of hydrogen-bond acceptors (Lipinski definition) is 6. The van der Waals surface area contributed by atoms with Gasteiger partial charge in [0.1, 0.15) is 18.2 Å². The van der Waals surface area contributed by atoms with Crippen molar-refractivity contribution in [2.45, 2.75) is 12.3 Å². The lowest BCUT2D eigenvalue weighted by Gasteiger charge is -2.32. The molecule has 1 aliphatic rings. The second kappa shape index (κ2) is 11.6. The number of nitrogens with one attached hydrogen (secondary N) is 2. The lowest BCUT2D eigenvalue weighted by atomic mass is 9.97. The number of fused-ring (bicyclic) bond motifs is 9. The lowest BCUT2D eigenvalue weighted by Crippen LogP contribution is -2.45. The van der Waals surface area contributed by atoms with Gasteiger partial charge in [0.2, 0.25) is 0 Å². The lowest BCUT2D eigenvalue weighted by molar-refractivity contribution is 0.411. The first-order chi connectivity index (χ1) is 25.3. The molecule has 2 unspecified atom stereocenters. The third kappa shape index (κ3) is 4.68. The molecule has 3 aromatic heterocycles. The van der Waals surface area contributed by atoms with Gasteiger partial charge in [-0.3, -0.25) is 5.32 Å². The first kappa shape index (κ1) is 29.4. The molecule has 0 saturated carbocycles. The Morgan fingerprint density at radius 2 is 1.12 bits per heavy atom. The summed E-state index contributed by atoms with van der Waals surface area (Å²) in [5.74, 6) is 0.898. The molecule has 51 heavy (non-hydrogen) atoms. The highest BCUT2D eigenvalue weighted by Crippen LogP contribution is 2.46. The van der Waals surface area contributed by atoms with Crippen molar-refractivity contribution < 1.29 is 0 Å². The summed E-state index contributed by atoms with van der Waals surface area (Å²) >= 11 is 5.61. The Balaban J connectivity index is 1.10. The van der Waals surface area contributed by atoms with Crippen molar-refractivity contribution in [3.8, 4) is 11.1 Å². The molecule has 7 aromatic carbocycles. The minimum absolute atomic E-state index is 0.111. The summed E-state index contributed by atoms with van der Waals surface area (Å²) in [7, 11) is 0. The molecule has 0 saturated heterocycles. The number of benzene rings is 7. The molecular formula is C45H29N3S3. The zero-order chi connectivity index (χ0) is 33.5. The maximum absolute atomic E-state index is 5.46. The molecule has 242 valence electrons. The Labute approximate surface area is 306 Å². The van der Waals surface area contributed by atoms with Crippen LogP contribution >= 0.6 is 34.0 Å². The fraction of sp³-hybridized carbons (Fsp3) is 0.0444. The smallest absolute Gasteiger partial charge is 0.131 e. The van der Waals surface area contributed by atoms with Crippen LogP contribution in [0.5, 0.6) is 0 Å². The summed E-state index contributed by atoms with van der Waals surface area (Å²) in [5.41, 5.74) is 6.04. The molecule has 2 N–H and O–H groups in total. The Morgan fingerprint density at radius 3 is 1.98 bits per heavy atom. The van der Waals surface area contributed by atoms with E-state index in [9.17, 15) is 0 Å². The zero-order valence-corrected chi connectivity index (χ0v) is 29.7. The molecule has 2 atom stereocenters. The molecule has 0 fully saturated rings. The van der Waals surface area contributed by atoms with Gasteiger partial charge in [-0.05, 0) is 53.6 Å². The summed E-state index contributed by atoms with van der Waals surface area (Å²) in [6.45, 7) is 0. The summed E-state index contributed by atoms with van der Waals surface area (Å²) in [4.78, 5) is 5.46. The second-order valence-corrected chi connectivity index (χ2v) is 16.3. The fourth-order valence-electron chi connectivity index (χ4n) is 7.87. The third-order valence-corrected chi connectivity index (χ3v) is 13.7. The maximum Gasteiger partial charge on any atom is 0.131 e. The molecule has 0 aliphatic carbocycles. The van der Waals surface area contributed by atoms with E-state index in [1.807, 2.05) is 34.0 Å². The fourth-order valence-corrected chi connectivity index (χ4v) is 11.4. The van der Waals surface area contributed by atoms with Gasteiger partial charge >= 0.3 is 0 Å². The van der Waals surface area contributed by atoms with E-state index < -0.39 is 0 Å². The van der Waals surface area contributed by atoms with Crippen LogP contribution in [0, 0.1) is 0 Å². The van der Waals surface area contributed by atoms with Crippen LogP contribution in [-0.2, 0) is 0 Å². The molecule has 4 heterocycles. The number of aliphatic imine (C=N–C) groups is 1. The monoisotopic (exact) mass is 707 g/mol. The largest absolute Gasteiger partial charge is 0.350 e. The Morgan fingerprint density at radius 1 is 0.471 bits per heavy atom. The van der Waals surface area contributed by atoms with Crippen molar-refractivity contribution in [1.82, 2.24) is 10.6 Å². The Bertz CT molecular complexity index is 3000. The maximum atomic E-state index is 5.46. The van der Waals surface area contributed by atoms with Gasteiger partial charge in [-0.25, -0.2) is 4.99 Å². The van der Waals surface area contributed by atoms with E-state index in [1.54, 1.807) is 0 Å². The summed E-state index contributed by atoms with van der Waals surface area (Å²) in [5, 5.41) is 15.5. The van der Waals surface area contributed by atoms with Crippen LogP contribution in [0.25, 0.3) is 71.6 Å². The third-order valence-electron chi connectivity index (χ3n) is 10.2. The van der Waals surface area contributed by atoms with Crippen LogP contribution in [-0.4, -0.2) is 5.84 Å². The van der Waals surface area contributed by atoms with Gasteiger partial charge in [-0.1, -0.05) is 109 Å². The minimum Gasteiger partial charge on any atom is -0.350 e. The highest BCUT2D eigenvalue weighted by atomic mass is 32.1. The van der Waals surface area contributed by atoms with Crippen LogP contribution in [0.1, 0.15) is 29.0 Å². The van der Waals surface area contributed by atoms with Gasteiger partial charge in [0.15, 0.2) is 0 Å². The number of hydrogen-bond donors (Lipinski definition) is 2. The zero-order valence-electron chi connectivity index (χ0n) is 27.3. The van der Waals surface area contributed by atoms with Gasteiger partial charge in [0, 0.05) is 77.2 Å². The SMILES string of the molecule is c1ccc(C2NC(c3ccc4sc5cccc(-c6cccc7c6sc6ccccc67)c5c4c3)=NC(c3cccc4sc5ccccc5c34)N2)cc1. The number of rotatable bonds is 4. The van der Waals surface area contributed by atoms with Crippen LogP contribution in [0.2, 0.25) is 0 Å². The van der Waals surface area contributed by atoms with Gasteiger partial charge in [0.25, 0.3) is 0 Å². The van der Waals surface area contributed by atoms with E-state index in [-0.39, 0.29) is 12.3 Å². The van der Waals surface area contributed by atoms with Crippen LogP contribution in [0.15, 0.2) is 157 Å². The van der Waals surface area contributed by atoms with Crippen molar-refractivity contribution in [2.75, 3.05) is 0 Å². The summed E-state index contributed by atoms with van der Waals surface area (Å²) in [6, 6.07) is 55.2. The molecular weight excluding hydrogens is 679 g/mol. The van der Waals surface area contributed by atoms with Gasteiger partial charge in [-0.2, -0.15) is 0 Å². The second-order valence-electron chi connectivity index (χ2n) is 13.1. The van der Waals surface area contributed by atoms with E-state index >= 15 is 0 Å². The Hall–Kier alpha value is -5.37. The molecule has 10 aromatic rings. The van der Waals surface area contributed by atoms with Crippen molar-refractivity contribution in [2.24, 2.45) is 4.99 Å². The highest BCUT2D eigenvalue weighted by molar-refractivity contribution is 7.27. The van der Waals surface area contributed by atoms with E-state index in [0.29, 0.717) is 0 Å². The van der Waals surface area contributed by atoms with Gasteiger partial charge in [-0.15, -0.1) is 34.0 Å². The molecule has 3 nitrogen and oxygen atoms in total. The first-order valence-corrected chi connectivity index (χ1v) is 19.6. The molecule has 1 aliphatic heterocycles. The summed E-state index contributed by atoms with van der Waals surface area (Å²) < 4.78 is 7.84. The molecule has 11 rings (SSSR count). The van der Waals surface area contributed by atoms with Crippen LogP contribution < -0.4 is 10.6 Å². The van der Waals surface area contributed by atoms with Crippen molar-refractivity contribution in [1.29, 1.82) is 0 Å². The van der Waals surface area contributed by atoms with E-state index in [0.717, 1.165) is 11.4 Å². The van der Waals surface area contributed by atoms with Gasteiger partial charge < -0.3 is 5.32 Å². The first-order valence-electron chi connectivity index (χ1n) is 17.2. The Kier molecular flexibility index (Phi) is 6.67. The number of nitrogens with zero attached hydrogens (tertiary/aromatic N) is 1. The molecule has 6 heteroatoms. The molecule has 0 amide bonds. The minimum atomic E-state index is -0.232. The standard InChI is InChI=1S/C45H29N3S3/c1-2-11-26(12-3-1)43-46-44(48-45(47-43)33-18-10-22-39-41(33)32-14-5-7-20-36(32)49-39)27-23-24-37-34(25-27)40-29(15-9-21-38(40)50-37)31-17-8-16-30-28-13-4-6-19-35(28)51-42(30)31/h1-25,43,45,47H,(H,46,48). The van der Waals surface area contributed by atoms with Gasteiger partial charge in [0.05, 0.1) is 0 Å². The highest BCUT2D eigenvalue weighted by Gasteiger charge is 2.28. The molecule has 0 bridgehead atoms. The molecule has 0 radical (unpaired) electrons. The average Bonchev–Trinajstić information content (AvgIpc) is 3.89. The summed E-state index contributed by atoms with van der Waals surface area (Å²) in [6.07, 6.45) is -0.343. The topological polar surface area (TPSA) is 36.4 Å². The van der Waals surface area contributed by atoms with Crippen LogP contribution in [0.3, 0.4) is 0 Å².